The number of piperidine rings is 1. The maximum atomic E-state index is 13.5. The van der Waals surface area contributed by atoms with E-state index in [4.69, 9.17) is 16.0 Å². The van der Waals surface area contributed by atoms with E-state index in [9.17, 15) is 19.2 Å². The number of fused-ring (bicyclic) bond motifs is 4. The second kappa shape index (κ2) is 11.7. The van der Waals surface area contributed by atoms with Gasteiger partial charge in [-0.15, -0.1) is 0 Å². The summed E-state index contributed by atoms with van der Waals surface area (Å²) in [5.41, 5.74) is 2.68. The van der Waals surface area contributed by atoms with Crippen LogP contribution in [0.4, 0.5) is 17.1 Å². The minimum Gasteiger partial charge on any atom is -0.453 e. The number of anilines is 2. The number of amides is 4. The van der Waals surface area contributed by atoms with E-state index in [0.29, 0.717) is 52.7 Å². The largest absolute Gasteiger partial charge is 0.453 e. The first-order valence-electron chi connectivity index (χ1n) is 16.2. The predicted molar refractivity (Wildman–Crippen MR) is 182 cm³/mol. The van der Waals surface area contributed by atoms with Crippen molar-refractivity contribution in [2.75, 3.05) is 30.1 Å². The highest BCUT2D eigenvalue weighted by Gasteiger charge is 2.43. The van der Waals surface area contributed by atoms with Gasteiger partial charge < -0.3 is 24.6 Å². The maximum absolute atomic E-state index is 13.5. The molecule has 5 heterocycles. The van der Waals surface area contributed by atoms with Gasteiger partial charge in [-0.25, -0.2) is 4.85 Å². The molecule has 0 bridgehead atoms. The van der Waals surface area contributed by atoms with E-state index in [1.807, 2.05) is 24.3 Å². The van der Waals surface area contributed by atoms with Crippen molar-refractivity contribution in [2.24, 2.45) is 5.92 Å². The molecular weight excluding hydrogens is 638 g/mol. The number of nitrogens with one attached hydrogen (secondary N) is 2. The summed E-state index contributed by atoms with van der Waals surface area (Å²) in [4.78, 5) is 58.3. The van der Waals surface area contributed by atoms with Crippen LogP contribution in [0.2, 0.25) is 0 Å². The number of aromatic nitrogens is 2. The number of rotatable bonds is 5. The first-order valence-corrected chi connectivity index (χ1v) is 16.2. The molecule has 0 spiro atoms. The molecule has 2 fully saturated rings. The van der Waals surface area contributed by atoms with Crippen LogP contribution in [-0.4, -0.2) is 64.2 Å². The molecule has 4 aromatic rings. The molecule has 2 saturated heterocycles. The Hall–Kier alpha value is -6.34. The van der Waals surface area contributed by atoms with Crippen LogP contribution < -0.4 is 25.0 Å². The molecule has 1 aromatic heterocycles. The van der Waals surface area contributed by atoms with E-state index in [-0.39, 0.29) is 49.8 Å². The van der Waals surface area contributed by atoms with Gasteiger partial charge in [0.05, 0.1) is 42.0 Å². The molecule has 1 atom stereocenters. The highest BCUT2D eigenvalue weighted by molar-refractivity contribution is 6.08. The van der Waals surface area contributed by atoms with E-state index >= 15 is 0 Å². The minimum atomic E-state index is -1.03. The zero-order chi connectivity index (χ0) is 34.7. The van der Waals surface area contributed by atoms with E-state index in [1.54, 1.807) is 49.1 Å². The van der Waals surface area contributed by atoms with Crippen molar-refractivity contribution in [3.8, 4) is 23.3 Å². The zero-order valence-electron chi connectivity index (χ0n) is 27.3. The fraction of sp³-hybridized carbons (Fsp3) is 0.297. The molecule has 13 heteroatoms. The third-order valence-electron chi connectivity index (χ3n) is 9.76. The molecule has 2 N–H and O–H groups in total. The van der Waals surface area contributed by atoms with E-state index < -0.39 is 17.5 Å². The summed E-state index contributed by atoms with van der Waals surface area (Å²) < 4.78 is 13.2. The van der Waals surface area contributed by atoms with Gasteiger partial charge in [0.15, 0.2) is 17.2 Å². The van der Waals surface area contributed by atoms with Crippen LogP contribution in [0.3, 0.4) is 0 Å². The molecule has 4 aliphatic rings. The molecule has 4 amide bonds. The molecular formula is C37H31N7O6. The van der Waals surface area contributed by atoms with Gasteiger partial charge in [-0.05, 0) is 43.2 Å². The van der Waals surface area contributed by atoms with Crippen LogP contribution in [0.1, 0.15) is 48.2 Å². The smallest absolute Gasteiger partial charge is 0.255 e. The monoisotopic (exact) mass is 669 g/mol. The highest BCUT2D eigenvalue weighted by atomic mass is 16.7. The van der Waals surface area contributed by atoms with E-state index in [1.165, 1.54) is 4.90 Å². The van der Waals surface area contributed by atoms with Gasteiger partial charge in [0.2, 0.25) is 18.6 Å². The average Bonchev–Trinajstić information content (AvgIpc) is 3.84. The molecule has 0 saturated carbocycles. The summed E-state index contributed by atoms with van der Waals surface area (Å²) in [6.45, 7) is 12.5. The second-order valence-corrected chi connectivity index (χ2v) is 13.2. The summed E-state index contributed by atoms with van der Waals surface area (Å²) in [5, 5.41) is 11.4. The Morgan fingerprint density at radius 1 is 1.10 bits per heavy atom. The zero-order valence-corrected chi connectivity index (χ0v) is 27.3. The Kier molecular flexibility index (Phi) is 7.22. The second-order valence-electron chi connectivity index (χ2n) is 13.2. The number of hydrogen-bond donors (Lipinski definition) is 2. The van der Waals surface area contributed by atoms with Gasteiger partial charge in [-0.2, -0.15) is 5.10 Å². The lowest BCUT2D eigenvalue weighted by Gasteiger charge is -2.38. The topological polar surface area (TPSA) is 139 Å². The number of ether oxygens (including phenoxy) is 2. The Morgan fingerprint density at radius 2 is 1.88 bits per heavy atom. The Balaban J connectivity index is 0.942. The molecule has 0 aliphatic carbocycles. The van der Waals surface area contributed by atoms with Crippen LogP contribution in [0.5, 0.6) is 11.5 Å². The summed E-state index contributed by atoms with van der Waals surface area (Å²) in [6.07, 6.45) is 3.85. The summed E-state index contributed by atoms with van der Waals surface area (Å²) in [5.74, 6) is 6.29. The lowest BCUT2D eigenvalue weighted by atomic mass is 9.97. The molecule has 1 unspecified atom stereocenters. The predicted octanol–water partition coefficient (Wildman–Crippen LogP) is 3.94. The van der Waals surface area contributed by atoms with Crippen molar-refractivity contribution in [3.05, 3.63) is 83.0 Å². The fourth-order valence-electron chi connectivity index (χ4n) is 6.83. The minimum absolute atomic E-state index is 0.0337. The molecule has 8 rings (SSSR count). The molecule has 13 nitrogen and oxygen atoms in total. The van der Waals surface area contributed by atoms with Crippen molar-refractivity contribution in [3.63, 3.8) is 0 Å². The third kappa shape index (κ3) is 5.06. The number of imide groups is 1. The summed E-state index contributed by atoms with van der Waals surface area (Å²) in [7, 11) is 0. The van der Waals surface area contributed by atoms with Gasteiger partial charge in [0.25, 0.3) is 11.8 Å². The Labute approximate surface area is 286 Å². The van der Waals surface area contributed by atoms with Crippen molar-refractivity contribution >= 4 is 51.5 Å². The molecule has 50 heavy (non-hydrogen) atoms. The lowest BCUT2D eigenvalue weighted by Crippen LogP contribution is -2.52. The molecule has 3 aromatic carbocycles. The quantitative estimate of drug-likeness (QED) is 0.185. The first kappa shape index (κ1) is 31.0. The Bertz CT molecular complexity index is 2250. The molecule has 0 radical (unpaired) electrons. The van der Waals surface area contributed by atoms with Crippen molar-refractivity contribution in [1.82, 2.24) is 20.0 Å². The van der Waals surface area contributed by atoms with E-state index in [2.05, 4.69) is 37.3 Å². The third-order valence-corrected chi connectivity index (χ3v) is 9.76. The Morgan fingerprint density at radius 3 is 2.66 bits per heavy atom. The summed E-state index contributed by atoms with van der Waals surface area (Å²) >= 11 is 0. The van der Waals surface area contributed by atoms with Gasteiger partial charge >= 0.3 is 0 Å². The number of carbonyl (C=O) groups is 4. The standard InChI is InChI=1S/C37H31N7O6/c1-37(2,36(48)40-28-11-10-27(38-3)23-6-4-5-7-24(23)28)44-18-21(15-39-44)8-9-22-16-42(17-22)30-14-25-26(32-33(30)50-20-49-32)19-43(35(25)47)29-12-13-31(45)41-34(29)46/h4-7,10-11,14-15,18,22,29H,12-13,16-17,19-20H2,1-2H3,(H,40,48)(H,41,45,46). The maximum Gasteiger partial charge on any atom is 0.255 e. The number of nitrogens with zero attached hydrogens (tertiary/aromatic N) is 5. The van der Waals surface area contributed by atoms with Crippen molar-refractivity contribution in [1.29, 1.82) is 0 Å². The van der Waals surface area contributed by atoms with Crippen LogP contribution in [-0.2, 0) is 26.5 Å². The van der Waals surface area contributed by atoms with Gasteiger partial charge in [0.1, 0.15) is 11.6 Å². The van der Waals surface area contributed by atoms with Crippen LogP contribution >= 0.6 is 0 Å². The average molecular weight is 670 g/mol. The SMILES string of the molecule is [C-]#[N+]c1ccc(NC(=O)C(C)(C)n2cc(C#CC3CN(c4cc5c(c6c4OCO6)CN(C4CCC(=O)NC4=O)C5=O)C3)cn2)c2ccccc12. The lowest BCUT2D eigenvalue weighted by molar-refractivity contribution is -0.137. The first-order chi connectivity index (χ1) is 24.1. The highest BCUT2D eigenvalue weighted by Crippen LogP contribution is 2.49. The molecule has 4 aliphatic heterocycles. The van der Waals surface area contributed by atoms with Gasteiger partial charge in [0, 0.05) is 37.0 Å². The van der Waals surface area contributed by atoms with Gasteiger partial charge in [-0.3, -0.25) is 29.2 Å². The van der Waals surface area contributed by atoms with E-state index in [0.717, 1.165) is 16.5 Å². The summed E-state index contributed by atoms with van der Waals surface area (Å²) in [6, 6.07) is 12.0. The van der Waals surface area contributed by atoms with Gasteiger partial charge in [-0.1, -0.05) is 42.2 Å². The van der Waals surface area contributed by atoms with Crippen molar-refractivity contribution in [2.45, 2.75) is 44.8 Å². The number of hydrogen-bond acceptors (Lipinski definition) is 8. The fourth-order valence-corrected chi connectivity index (χ4v) is 6.83. The van der Waals surface area contributed by atoms with Crippen LogP contribution in [0.25, 0.3) is 15.6 Å². The number of carbonyl (C=O) groups excluding carboxylic acids is 4. The van der Waals surface area contributed by atoms with Crippen LogP contribution in [0, 0.1) is 24.3 Å². The number of benzene rings is 3. The van der Waals surface area contributed by atoms with Crippen molar-refractivity contribution < 1.29 is 28.7 Å². The normalized spacial score (nSPS) is 18.3. The molecule has 250 valence electrons. The van der Waals surface area contributed by atoms with Crippen LogP contribution in [0.15, 0.2) is 54.9 Å².